The first-order valence-electron chi connectivity index (χ1n) is 5.65. The summed E-state index contributed by atoms with van der Waals surface area (Å²) in [6.07, 6.45) is 2.00. The zero-order valence-corrected chi connectivity index (χ0v) is 12.5. The van der Waals surface area contributed by atoms with Gasteiger partial charge in [-0.2, -0.15) is 0 Å². The second kappa shape index (κ2) is 4.46. The number of H-pyrrole nitrogens is 2. The Morgan fingerprint density at radius 2 is 1.95 bits per heavy atom. The van der Waals surface area contributed by atoms with Gasteiger partial charge in [-0.05, 0) is 51.3 Å². The van der Waals surface area contributed by atoms with Gasteiger partial charge in [0.2, 0.25) is 0 Å². The fourth-order valence-electron chi connectivity index (χ4n) is 2.05. The van der Waals surface area contributed by atoms with E-state index in [0.717, 1.165) is 5.70 Å². The molecule has 2 rings (SSSR count). The van der Waals surface area contributed by atoms with E-state index in [4.69, 9.17) is 30.2 Å². The summed E-state index contributed by atoms with van der Waals surface area (Å²) in [5.41, 5.74) is 6.04. The third kappa shape index (κ3) is 2.54. The number of hydrogen-bond donors (Lipinski definition) is 4. The third-order valence-electron chi connectivity index (χ3n) is 2.74. The minimum absolute atomic E-state index is 0.0465. The Hall–Kier alpha value is -1.67. The van der Waals surface area contributed by atoms with Crippen molar-refractivity contribution in [3.05, 3.63) is 26.9 Å². The van der Waals surface area contributed by atoms with Crippen molar-refractivity contribution in [3.8, 4) is 0 Å². The maximum atomic E-state index is 11.7. The summed E-state index contributed by atoms with van der Waals surface area (Å²) in [5.74, 6) is 0.385. The Kier molecular flexibility index (Phi) is 3.23. The van der Waals surface area contributed by atoms with E-state index in [1.54, 1.807) is 4.90 Å². The second-order valence-corrected chi connectivity index (χ2v) is 5.74. The topological polar surface area (TPSA) is 89.9 Å². The van der Waals surface area contributed by atoms with E-state index in [9.17, 15) is 4.79 Å². The molecule has 6 nitrogen and oxygen atoms in total. The van der Waals surface area contributed by atoms with Gasteiger partial charge < -0.3 is 16.0 Å². The Balaban J connectivity index is 2.63. The van der Waals surface area contributed by atoms with E-state index in [0.29, 0.717) is 10.9 Å². The molecule has 1 aliphatic rings. The smallest absolute Gasteiger partial charge is 0.277 e. The van der Waals surface area contributed by atoms with Crippen molar-refractivity contribution in [2.75, 3.05) is 10.6 Å². The molecule has 8 heteroatoms. The number of allylic oxidation sites excluding steroid dienone is 1. The van der Waals surface area contributed by atoms with Crippen LogP contribution in [0.3, 0.4) is 0 Å². The van der Waals surface area contributed by atoms with Crippen LogP contribution in [0.2, 0.25) is 0 Å². The fraction of sp³-hybridized carbons (Fsp3) is 0.364. The van der Waals surface area contributed by atoms with E-state index in [2.05, 4.69) is 15.3 Å². The summed E-state index contributed by atoms with van der Waals surface area (Å²) >= 11 is 10.3. The zero-order valence-electron chi connectivity index (χ0n) is 10.8. The number of aromatic nitrogens is 2. The maximum Gasteiger partial charge on any atom is 0.277 e. The number of nitrogens with zero attached hydrogens (tertiary/aromatic N) is 1. The molecular weight excluding hydrogens is 282 g/mol. The van der Waals surface area contributed by atoms with Gasteiger partial charge in [0, 0.05) is 5.70 Å². The van der Waals surface area contributed by atoms with Crippen LogP contribution in [0.25, 0.3) is 0 Å². The summed E-state index contributed by atoms with van der Waals surface area (Å²) in [6, 6.07) is 0. The molecule has 1 aliphatic heterocycles. The first-order chi connectivity index (χ1) is 8.71. The molecule has 0 atom stereocenters. The van der Waals surface area contributed by atoms with Gasteiger partial charge in [0.15, 0.2) is 9.88 Å². The first-order valence-corrected chi connectivity index (χ1v) is 6.47. The van der Waals surface area contributed by atoms with Gasteiger partial charge in [0.25, 0.3) is 5.56 Å². The van der Waals surface area contributed by atoms with Gasteiger partial charge in [-0.1, -0.05) is 0 Å². The standard InChI is InChI=1S/C11H15N5OS2/c1-5-4-11(2,3)15-10(19)16(5)7-6(12)8(17)14-9(18)13-7/h4H,12H2,1-3H3,(H,15,19)(H2,13,14,17,18). The molecule has 19 heavy (non-hydrogen) atoms. The first kappa shape index (κ1) is 13.8. The predicted octanol–water partition coefficient (Wildman–Crippen LogP) is 1.39. The van der Waals surface area contributed by atoms with Crippen molar-refractivity contribution in [2.24, 2.45) is 0 Å². The molecule has 1 aromatic heterocycles. The van der Waals surface area contributed by atoms with Crippen LogP contribution in [-0.4, -0.2) is 20.6 Å². The Morgan fingerprint density at radius 3 is 2.53 bits per heavy atom. The fourth-order valence-corrected chi connectivity index (χ4v) is 2.74. The average molecular weight is 297 g/mol. The highest BCUT2D eigenvalue weighted by Crippen LogP contribution is 2.26. The number of hydrogen-bond acceptors (Lipinski definition) is 4. The summed E-state index contributed by atoms with van der Waals surface area (Å²) in [7, 11) is 0. The minimum atomic E-state index is -0.431. The number of rotatable bonds is 1. The van der Waals surface area contributed by atoms with Crippen LogP contribution in [0.4, 0.5) is 11.5 Å². The summed E-state index contributed by atoms with van der Waals surface area (Å²) in [5, 5.41) is 3.63. The van der Waals surface area contributed by atoms with Crippen molar-refractivity contribution in [1.29, 1.82) is 0 Å². The molecule has 0 spiro atoms. The second-order valence-electron chi connectivity index (χ2n) is 4.94. The summed E-state index contributed by atoms with van der Waals surface area (Å²) < 4.78 is 0.203. The SMILES string of the molecule is CC1=CC(C)(C)NC(=S)N1c1[nH]c(=S)[nH]c(=O)c1N. The van der Waals surface area contributed by atoms with E-state index < -0.39 is 5.56 Å². The van der Waals surface area contributed by atoms with Crippen molar-refractivity contribution in [1.82, 2.24) is 15.3 Å². The normalized spacial score (nSPS) is 17.9. The molecule has 0 aliphatic carbocycles. The molecule has 0 aromatic carbocycles. The molecule has 0 saturated carbocycles. The molecule has 0 radical (unpaired) electrons. The number of aromatic amines is 2. The lowest BCUT2D eigenvalue weighted by molar-refractivity contribution is 0.559. The highest BCUT2D eigenvalue weighted by atomic mass is 32.1. The Labute approximate surface area is 120 Å². The van der Waals surface area contributed by atoms with Crippen molar-refractivity contribution in [2.45, 2.75) is 26.3 Å². The summed E-state index contributed by atoms with van der Waals surface area (Å²) in [4.78, 5) is 18.6. The van der Waals surface area contributed by atoms with Crippen molar-refractivity contribution in [3.63, 3.8) is 0 Å². The Bertz CT molecular complexity index is 685. The molecular formula is C11H15N5OS2. The number of nitrogens with one attached hydrogen (secondary N) is 3. The van der Waals surface area contributed by atoms with E-state index in [1.807, 2.05) is 26.8 Å². The Morgan fingerprint density at radius 1 is 1.32 bits per heavy atom. The molecule has 2 heterocycles. The number of anilines is 2. The van der Waals surface area contributed by atoms with E-state index in [1.165, 1.54) is 0 Å². The van der Waals surface area contributed by atoms with Gasteiger partial charge in [-0.3, -0.25) is 14.7 Å². The van der Waals surface area contributed by atoms with Gasteiger partial charge in [-0.25, -0.2) is 0 Å². The largest absolute Gasteiger partial charge is 0.391 e. The van der Waals surface area contributed by atoms with Gasteiger partial charge >= 0.3 is 0 Å². The van der Waals surface area contributed by atoms with Crippen LogP contribution < -0.4 is 21.5 Å². The molecule has 0 unspecified atom stereocenters. The van der Waals surface area contributed by atoms with Crippen molar-refractivity contribution < 1.29 is 0 Å². The third-order valence-corrected chi connectivity index (χ3v) is 3.23. The number of nitrogens with two attached hydrogens (primary N) is 1. The van der Waals surface area contributed by atoms with Crippen LogP contribution in [0, 0.1) is 4.77 Å². The zero-order chi connectivity index (χ0) is 14.4. The van der Waals surface area contributed by atoms with Crippen LogP contribution in [0.5, 0.6) is 0 Å². The van der Waals surface area contributed by atoms with Gasteiger partial charge in [-0.15, -0.1) is 0 Å². The molecule has 102 valence electrons. The highest BCUT2D eigenvalue weighted by Gasteiger charge is 2.29. The van der Waals surface area contributed by atoms with Crippen molar-refractivity contribution >= 4 is 41.1 Å². The van der Waals surface area contributed by atoms with Crippen LogP contribution in [0.1, 0.15) is 20.8 Å². The molecule has 0 fully saturated rings. The highest BCUT2D eigenvalue weighted by molar-refractivity contribution is 7.80. The molecule has 0 amide bonds. The van der Waals surface area contributed by atoms with E-state index >= 15 is 0 Å². The van der Waals surface area contributed by atoms with Gasteiger partial charge in [0.1, 0.15) is 11.5 Å². The van der Waals surface area contributed by atoms with Gasteiger partial charge in [0.05, 0.1) is 5.54 Å². The number of thiocarbonyl (C=S) groups is 1. The molecule has 0 bridgehead atoms. The molecule has 1 aromatic rings. The summed E-state index contributed by atoms with van der Waals surface area (Å²) in [6.45, 7) is 5.90. The maximum absolute atomic E-state index is 11.7. The number of nitrogen functional groups attached to an aromatic ring is 1. The van der Waals surface area contributed by atoms with Crippen LogP contribution in [-0.2, 0) is 0 Å². The van der Waals surface area contributed by atoms with Crippen LogP contribution >= 0.6 is 24.4 Å². The monoisotopic (exact) mass is 297 g/mol. The quantitative estimate of drug-likeness (QED) is 0.586. The average Bonchev–Trinajstić information content (AvgIpc) is 2.21. The molecule has 0 saturated heterocycles. The predicted molar refractivity (Wildman–Crippen MR) is 82.7 cm³/mol. The molecule has 5 N–H and O–H groups in total. The lowest BCUT2D eigenvalue weighted by Crippen LogP contribution is -2.53. The minimum Gasteiger partial charge on any atom is -0.391 e. The lowest BCUT2D eigenvalue weighted by Gasteiger charge is -2.38. The lowest BCUT2D eigenvalue weighted by atomic mass is 10.0. The van der Waals surface area contributed by atoms with E-state index in [-0.39, 0.29) is 16.0 Å². The van der Waals surface area contributed by atoms with Crippen LogP contribution in [0.15, 0.2) is 16.6 Å².